The molecule has 3 N–H and O–H groups in total. The van der Waals surface area contributed by atoms with Gasteiger partial charge >= 0.3 is 0 Å². The van der Waals surface area contributed by atoms with Crippen LogP contribution in [-0.4, -0.2) is 9.97 Å². The number of hydrogen-bond donors (Lipinski definition) is 2. The summed E-state index contributed by atoms with van der Waals surface area (Å²) in [5.41, 5.74) is 3.88. The van der Waals surface area contributed by atoms with Crippen molar-refractivity contribution in [1.82, 2.24) is 15.4 Å². The third-order valence-electron chi connectivity index (χ3n) is 3.46. The van der Waals surface area contributed by atoms with E-state index in [-0.39, 0.29) is 6.04 Å². The molecule has 1 aromatic heterocycles. The molecule has 1 fully saturated rings. The first-order valence-corrected chi connectivity index (χ1v) is 6.12. The summed E-state index contributed by atoms with van der Waals surface area (Å²) in [5.74, 6) is 6.41. The third kappa shape index (κ3) is 3.00. The van der Waals surface area contributed by atoms with Crippen LogP contribution in [0.25, 0.3) is 0 Å². The van der Waals surface area contributed by atoms with Crippen LogP contribution in [0.2, 0.25) is 0 Å². The van der Waals surface area contributed by atoms with Crippen LogP contribution >= 0.6 is 0 Å². The minimum atomic E-state index is 0.172. The Labute approximate surface area is 96.6 Å². The van der Waals surface area contributed by atoms with Gasteiger partial charge < -0.3 is 0 Å². The van der Waals surface area contributed by atoms with Gasteiger partial charge in [-0.05, 0) is 18.4 Å². The predicted octanol–water partition coefficient (Wildman–Crippen LogP) is 1.95. The second-order valence-electron chi connectivity index (χ2n) is 4.59. The Hall–Kier alpha value is -1.00. The van der Waals surface area contributed by atoms with E-state index in [0.29, 0.717) is 0 Å². The van der Waals surface area contributed by atoms with Crippen LogP contribution in [0.3, 0.4) is 0 Å². The lowest BCUT2D eigenvalue weighted by Gasteiger charge is -2.25. The van der Waals surface area contributed by atoms with Crippen LogP contribution < -0.4 is 11.3 Å². The van der Waals surface area contributed by atoms with E-state index in [9.17, 15) is 0 Å². The molecule has 0 radical (unpaired) electrons. The number of hydrazine groups is 1. The maximum absolute atomic E-state index is 5.61. The normalized spacial score (nSPS) is 19.6. The van der Waals surface area contributed by atoms with E-state index in [2.05, 4.69) is 15.4 Å². The highest BCUT2D eigenvalue weighted by molar-refractivity contribution is 5.04. The fraction of sp³-hybridized carbons (Fsp3) is 0.667. The number of nitrogens with two attached hydrogens (primary N) is 1. The first-order chi connectivity index (χ1) is 7.90. The topological polar surface area (TPSA) is 63.8 Å². The molecule has 1 heterocycles. The van der Waals surface area contributed by atoms with Crippen molar-refractivity contribution in [2.75, 3.05) is 0 Å². The maximum atomic E-state index is 5.61. The largest absolute Gasteiger partial charge is 0.271 e. The Kier molecular flexibility index (Phi) is 4.25. The molecular formula is C12H20N4. The van der Waals surface area contributed by atoms with E-state index in [1.54, 1.807) is 12.5 Å². The van der Waals surface area contributed by atoms with Crippen molar-refractivity contribution in [2.45, 2.75) is 44.6 Å². The van der Waals surface area contributed by atoms with Gasteiger partial charge in [0.15, 0.2) is 0 Å². The summed E-state index contributed by atoms with van der Waals surface area (Å²) in [7, 11) is 0. The summed E-state index contributed by atoms with van der Waals surface area (Å²) in [5, 5.41) is 0. The van der Waals surface area contributed by atoms with Gasteiger partial charge in [0, 0.05) is 6.20 Å². The summed E-state index contributed by atoms with van der Waals surface area (Å²) < 4.78 is 0. The molecule has 1 aromatic rings. The van der Waals surface area contributed by atoms with E-state index >= 15 is 0 Å². The molecule has 0 aromatic carbocycles. The summed E-state index contributed by atoms with van der Waals surface area (Å²) >= 11 is 0. The molecule has 1 aliphatic carbocycles. The number of rotatable bonds is 4. The second kappa shape index (κ2) is 5.92. The lowest BCUT2D eigenvalue weighted by molar-refractivity contribution is 0.298. The minimum absolute atomic E-state index is 0.172. The molecule has 0 bridgehead atoms. The monoisotopic (exact) mass is 220 g/mol. The Morgan fingerprint density at radius 3 is 2.81 bits per heavy atom. The van der Waals surface area contributed by atoms with Crippen LogP contribution in [-0.2, 0) is 0 Å². The standard InChI is InChI=1S/C12H20N4/c13-16-12(11-6-7-14-9-15-11)8-10-4-2-1-3-5-10/h6-7,9-10,12,16H,1-5,8,13H2. The molecule has 2 rings (SSSR count). The van der Waals surface area contributed by atoms with Crippen molar-refractivity contribution >= 4 is 0 Å². The molecule has 1 unspecified atom stereocenters. The van der Waals surface area contributed by atoms with Crippen molar-refractivity contribution in [3.8, 4) is 0 Å². The third-order valence-corrected chi connectivity index (χ3v) is 3.46. The smallest absolute Gasteiger partial charge is 0.115 e. The predicted molar refractivity (Wildman–Crippen MR) is 63.3 cm³/mol. The zero-order valence-electron chi connectivity index (χ0n) is 9.60. The van der Waals surface area contributed by atoms with Crippen LogP contribution in [0.4, 0.5) is 0 Å². The average Bonchev–Trinajstić information content (AvgIpc) is 2.38. The molecule has 1 aliphatic rings. The molecule has 0 amide bonds. The molecular weight excluding hydrogens is 200 g/mol. The maximum Gasteiger partial charge on any atom is 0.115 e. The first kappa shape index (κ1) is 11.5. The second-order valence-corrected chi connectivity index (χ2v) is 4.59. The van der Waals surface area contributed by atoms with Gasteiger partial charge in [-0.2, -0.15) is 0 Å². The van der Waals surface area contributed by atoms with Gasteiger partial charge in [0.1, 0.15) is 6.33 Å². The Balaban J connectivity index is 1.94. The van der Waals surface area contributed by atoms with Gasteiger partial charge in [0.05, 0.1) is 11.7 Å². The van der Waals surface area contributed by atoms with Crippen molar-refractivity contribution < 1.29 is 0 Å². The number of nitrogens with zero attached hydrogens (tertiary/aromatic N) is 2. The van der Waals surface area contributed by atoms with E-state index in [4.69, 9.17) is 5.84 Å². The van der Waals surface area contributed by atoms with Gasteiger partial charge in [-0.25, -0.2) is 9.97 Å². The van der Waals surface area contributed by atoms with Crippen LogP contribution in [0, 0.1) is 5.92 Å². The quantitative estimate of drug-likeness (QED) is 0.601. The SMILES string of the molecule is NNC(CC1CCCCC1)c1ccncn1. The molecule has 1 saturated carbocycles. The Morgan fingerprint density at radius 2 is 2.19 bits per heavy atom. The van der Waals surface area contributed by atoms with Crippen LogP contribution in [0.1, 0.15) is 50.3 Å². The number of nitrogens with one attached hydrogen (secondary N) is 1. The molecule has 1 atom stereocenters. The summed E-state index contributed by atoms with van der Waals surface area (Å²) in [4.78, 5) is 8.19. The van der Waals surface area contributed by atoms with Gasteiger partial charge in [-0.1, -0.05) is 32.1 Å². The van der Waals surface area contributed by atoms with Gasteiger partial charge in [0.25, 0.3) is 0 Å². The van der Waals surface area contributed by atoms with E-state index < -0.39 is 0 Å². The first-order valence-electron chi connectivity index (χ1n) is 6.12. The van der Waals surface area contributed by atoms with Crippen molar-refractivity contribution in [3.63, 3.8) is 0 Å². The van der Waals surface area contributed by atoms with E-state index in [1.165, 1.54) is 32.1 Å². The van der Waals surface area contributed by atoms with Crippen molar-refractivity contribution in [1.29, 1.82) is 0 Å². The minimum Gasteiger partial charge on any atom is -0.271 e. The Bertz CT molecular complexity index is 295. The highest BCUT2D eigenvalue weighted by Gasteiger charge is 2.19. The zero-order valence-corrected chi connectivity index (χ0v) is 9.60. The van der Waals surface area contributed by atoms with Crippen LogP contribution in [0.15, 0.2) is 18.6 Å². The van der Waals surface area contributed by atoms with Crippen molar-refractivity contribution in [2.24, 2.45) is 11.8 Å². The Morgan fingerprint density at radius 1 is 1.38 bits per heavy atom. The van der Waals surface area contributed by atoms with Crippen LogP contribution in [0.5, 0.6) is 0 Å². The molecule has 0 spiro atoms. The average molecular weight is 220 g/mol. The summed E-state index contributed by atoms with van der Waals surface area (Å²) in [6.45, 7) is 0. The lowest BCUT2D eigenvalue weighted by atomic mass is 9.84. The molecule has 16 heavy (non-hydrogen) atoms. The molecule has 0 saturated heterocycles. The molecule has 0 aliphatic heterocycles. The number of aromatic nitrogens is 2. The van der Waals surface area contributed by atoms with E-state index in [0.717, 1.165) is 18.0 Å². The van der Waals surface area contributed by atoms with Gasteiger partial charge in [0.2, 0.25) is 0 Å². The highest BCUT2D eigenvalue weighted by Crippen LogP contribution is 2.30. The van der Waals surface area contributed by atoms with Gasteiger partial charge in [-0.15, -0.1) is 0 Å². The van der Waals surface area contributed by atoms with Gasteiger partial charge in [-0.3, -0.25) is 11.3 Å². The lowest BCUT2D eigenvalue weighted by Crippen LogP contribution is -2.30. The van der Waals surface area contributed by atoms with E-state index in [1.807, 2.05) is 6.07 Å². The van der Waals surface area contributed by atoms with Crippen molar-refractivity contribution in [3.05, 3.63) is 24.3 Å². The molecule has 88 valence electrons. The zero-order chi connectivity index (χ0) is 11.2. The fourth-order valence-electron chi connectivity index (χ4n) is 2.54. The highest BCUT2D eigenvalue weighted by atomic mass is 15.2. The molecule has 4 heteroatoms. The number of hydrogen-bond acceptors (Lipinski definition) is 4. The fourth-order valence-corrected chi connectivity index (χ4v) is 2.54. The summed E-state index contributed by atoms with van der Waals surface area (Å²) in [6.07, 6.45) is 11.2. The summed E-state index contributed by atoms with van der Waals surface area (Å²) in [6, 6.07) is 2.11. The molecule has 4 nitrogen and oxygen atoms in total.